The van der Waals surface area contributed by atoms with Crippen LogP contribution in [0.5, 0.6) is 0 Å². The maximum atomic E-state index is 12.0. The molecule has 4 nitrogen and oxygen atoms in total. The number of aliphatic carboxylic acids is 1. The van der Waals surface area contributed by atoms with Crippen molar-refractivity contribution in [2.75, 3.05) is 6.54 Å². The lowest BCUT2D eigenvalue weighted by atomic mass is 9.79. The zero-order chi connectivity index (χ0) is 16.7. The molecule has 0 spiro atoms. The highest BCUT2D eigenvalue weighted by molar-refractivity contribution is 6.30. The number of amides is 1. The summed E-state index contributed by atoms with van der Waals surface area (Å²) in [5.74, 6) is -0.806. The van der Waals surface area contributed by atoms with Crippen molar-refractivity contribution in [2.24, 2.45) is 0 Å². The molecule has 0 aromatic heterocycles. The summed E-state index contributed by atoms with van der Waals surface area (Å²) in [7, 11) is 0. The monoisotopic (exact) mass is 337 g/mol. The van der Waals surface area contributed by atoms with Crippen molar-refractivity contribution in [1.82, 2.24) is 5.32 Å². The minimum absolute atomic E-state index is 0.00342. The van der Waals surface area contributed by atoms with Gasteiger partial charge < -0.3 is 10.4 Å². The molecule has 1 aliphatic rings. The number of carboxylic acids is 1. The third-order valence-electron chi connectivity index (χ3n) is 4.67. The predicted octanol–water partition coefficient (Wildman–Crippen LogP) is 3.91. The van der Waals surface area contributed by atoms with Crippen LogP contribution in [-0.2, 0) is 15.0 Å². The van der Waals surface area contributed by atoms with E-state index in [4.69, 9.17) is 16.7 Å². The molecular formula is C18H24ClNO3. The Kier molecular flexibility index (Phi) is 6.46. The first-order valence-electron chi connectivity index (χ1n) is 8.26. The Morgan fingerprint density at radius 3 is 2.52 bits per heavy atom. The number of hydrogen-bond acceptors (Lipinski definition) is 2. The molecular weight excluding hydrogens is 314 g/mol. The number of carbonyl (C=O) groups is 2. The number of nitrogens with one attached hydrogen (secondary N) is 1. The highest BCUT2D eigenvalue weighted by atomic mass is 35.5. The van der Waals surface area contributed by atoms with Crippen molar-refractivity contribution in [2.45, 2.75) is 56.8 Å². The first-order valence-corrected chi connectivity index (χ1v) is 8.64. The van der Waals surface area contributed by atoms with E-state index in [1.807, 2.05) is 18.2 Å². The first-order chi connectivity index (χ1) is 11.0. The summed E-state index contributed by atoms with van der Waals surface area (Å²) in [6.45, 7) is 0.630. The number of benzene rings is 1. The van der Waals surface area contributed by atoms with E-state index >= 15 is 0 Å². The molecule has 1 aromatic rings. The van der Waals surface area contributed by atoms with E-state index < -0.39 is 5.97 Å². The Labute approximate surface area is 142 Å². The van der Waals surface area contributed by atoms with Crippen molar-refractivity contribution >= 4 is 23.5 Å². The van der Waals surface area contributed by atoms with Gasteiger partial charge in [0.1, 0.15) is 0 Å². The van der Waals surface area contributed by atoms with E-state index in [0.717, 1.165) is 17.9 Å². The summed E-state index contributed by atoms with van der Waals surface area (Å²) >= 11 is 6.12. The zero-order valence-electron chi connectivity index (χ0n) is 13.3. The van der Waals surface area contributed by atoms with Gasteiger partial charge in [-0.3, -0.25) is 9.59 Å². The molecule has 0 bridgehead atoms. The van der Waals surface area contributed by atoms with Gasteiger partial charge >= 0.3 is 5.97 Å². The van der Waals surface area contributed by atoms with Crippen LogP contribution in [-0.4, -0.2) is 23.5 Å². The molecule has 1 aromatic carbocycles. The number of unbranched alkanes of at least 4 members (excludes halogenated alkanes) is 1. The fraction of sp³-hybridized carbons (Fsp3) is 0.556. The molecule has 0 radical (unpaired) electrons. The standard InChI is InChI=1S/C18H24ClNO3/c19-15-7-5-6-14(12-15)18(10-3-4-11-18)13-20-16(21)8-1-2-9-17(22)23/h5-7,12H,1-4,8-11,13H2,(H,20,21)(H,22,23). The fourth-order valence-electron chi connectivity index (χ4n) is 3.36. The van der Waals surface area contributed by atoms with Crippen LogP contribution < -0.4 is 5.32 Å². The SMILES string of the molecule is O=C(O)CCCCC(=O)NCC1(c2cccc(Cl)c2)CCCC1. The quantitative estimate of drug-likeness (QED) is 0.707. The van der Waals surface area contributed by atoms with Crippen molar-refractivity contribution in [3.05, 3.63) is 34.9 Å². The molecule has 1 saturated carbocycles. The van der Waals surface area contributed by atoms with E-state index in [1.54, 1.807) is 0 Å². The minimum atomic E-state index is -0.809. The molecule has 1 aliphatic carbocycles. The molecule has 0 aliphatic heterocycles. The lowest BCUT2D eigenvalue weighted by molar-refractivity contribution is -0.137. The number of halogens is 1. The third-order valence-corrected chi connectivity index (χ3v) is 4.90. The second-order valence-corrected chi connectivity index (χ2v) is 6.81. The second-order valence-electron chi connectivity index (χ2n) is 6.38. The van der Waals surface area contributed by atoms with Gasteiger partial charge in [0.25, 0.3) is 0 Å². The molecule has 23 heavy (non-hydrogen) atoms. The van der Waals surface area contributed by atoms with Gasteiger partial charge in [-0.15, -0.1) is 0 Å². The number of carbonyl (C=O) groups excluding carboxylic acids is 1. The number of hydrogen-bond donors (Lipinski definition) is 2. The normalized spacial score (nSPS) is 16.2. The molecule has 1 fully saturated rings. The largest absolute Gasteiger partial charge is 0.481 e. The Balaban J connectivity index is 1.88. The third kappa shape index (κ3) is 5.24. The average molecular weight is 338 g/mol. The van der Waals surface area contributed by atoms with Crippen LogP contribution >= 0.6 is 11.6 Å². The van der Waals surface area contributed by atoms with E-state index in [9.17, 15) is 9.59 Å². The lowest BCUT2D eigenvalue weighted by Crippen LogP contribution is -2.39. The van der Waals surface area contributed by atoms with Gasteiger partial charge in [0.15, 0.2) is 0 Å². The number of carboxylic acid groups (broad SMARTS) is 1. The van der Waals surface area contributed by atoms with Gasteiger partial charge in [-0.2, -0.15) is 0 Å². The zero-order valence-corrected chi connectivity index (χ0v) is 14.1. The van der Waals surface area contributed by atoms with Gasteiger partial charge in [0.2, 0.25) is 5.91 Å². The van der Waals surface area contributed by atoms with E-state index in [0.29, 0.717) is 25.8 Å². The van der Waals surface area contributed by atoms with Gasteiger partial charge in [-0.25, -0.2) is 0 Å². The highest BCUT2D eigenvalue weighted by Gasteiger charge is 2.35. The molecule has 0 heterocycles. The summed E-state index contributed by atoms with van der Waals surface area (Å²) in [6, 6.07) is 7.93. The predicted molar refractivity (Wildman–Crippen MR) is 90.7 cm³/mol. The van der Waals surface area contributed by atoms with Gasteiger partial charge in [0, 0.05) is 29.8 Å². The van der Waals surface area contributed by atoms with Crippen LogP contribution in [0.3, 0.4) is 0 Å². The molecule has 0 saturated heterocycles. The summed E-state index contributed by atoms with van der Waals surface area (Å²) in [5, 5.41) is 12.4. The second kappa shape index (κ2) is 8.34. The molecule has 2 rings (SSSR count). The smallest absolute Gasteiger partial charge is 0.303 e. The molecule has 0 atom stereocenters. The van der Waals surface area contributed by atoms with Crippen LogP contribution in [0, 0.1) is 0 Å². The van der Waals surface area contributed by atoms with Crippen LogP contribution in [0.15, 0.2) is 24.3 Å². The van der Waals surface area contributed by atoms with E-state index in [-0.39, 0.29) is 17.7 Å². The summed E-state index contributed by atoms with van der Waals surface area (Å²) in [5.41, 5.74) is 1.19. The molecule has 5 heteroatoms. The Morgan fingerprint density at radius 2 is 1.87 bits per heavy atom. The average Bonchev–Trinajstić information content (AvgIpc) is 3.00. The summed E-state index contributed by atoms with van der Waals surface area (Å²) in [4.78, 5) is 22.5. The van der Waals surface area contributed by atoms with Crippen LogP contribution in [0.2, 0.25) is 5.02 Å². The molecule has 2 N–H and O–H groups in total. The molecule has 126 valence electrons. The van der Waals surface area contributed by atoms with Crippen molar-refractivity contribution in [3.63, 3.8) is 0 Å². The van der Waals surface area contributed by atoms with Gasteiger partial charge in [0.05, 0.1) is 0 Å². The van der Waals surface area contributed by atoms with Crippen molar-refractivity contribution in [1.29, 1.82) is 0 Å². The number of rotatable bonds is 8. The Morgan fingerprint density at radius 1 is 1.17 bits per heavy atom. The van der Waals surface area contributed by atoms with E-state index in [2.05, 4.69) is 11.4 Å². The van der Waals surface area contributed by atoms with E-state index in [1.165, 1.54) is 18.4 Å². The van der Waals surface area contributed by atoms with Crippen molar-refractivity contribution in [3.8, 4) is 0 Å². The maximum Gasteiger partial charge on any atom is 0.303 e. The summed E-state index contributed by atoms with van der Waals surface area (Å²) in [6.07, 6.45) is 6.13. The topological polar surface area (TPSA) is 66.4 Å². The lowest BCUT2D eigenvalue weighted by Gasteiger charge is -2.30. The Hall–Kier alpha value is -1.55. The maximum absolute atomic E-state index is 12.0. The minimum Gasteiger partial charge on any atom is -0.481 e. The summed E-state index contributed by atoms with van der Waals surface area (Å²) < 4.78 is 0. The van der Waals surface area contributed by atoms with Crippen LogP contribution in [0.4, 0.5) is 0 Å². The Bertz CT molecular complexity index is 553. The first kappa shape index (κ1) is 17.8. The fourth-order valence-corrected chi connectivity index (χ4v) is 3.55. The highest BCUT2D eigenvalue weighted by Crippen LogP contribution is 2.41. The van der Waals surface area contributed by atoms with Crippen molar-refractivity contribution < 1.29 is 14.7 Å². The van der Waals surface area contributed by atoms with Gasteiger partial charge in [-0.1, -0.05) is 36.6 Å². The molecule has 0 unspecified atom stereocenters. The van der Waals surface area contributed by atoms with Crippen LogP contribution in [0.25, 0.3) is 0 Å². The van der Waals surface area contributed by atoms with Crippen LogP contribution in [0.1, 0.15) is 56.9 Å². The van der Waals surface area contributed by atoms with Gasteiger partial charge in [-0.05, 0) is 43.4 Å². The molecule has 1 amide bonds.